The number of hydrogen-bond acceptors (Lipinski definition) is 2. The Balaban J connectivity index is 2.33. The minimum absolute atomic E-state index is 0.681. The maximum atomic E-state index is 3.76. The van der Waals surface area contributed by atoms with Crippen molar-refractivity contribution < 1.29 is 0 Å². The molecule has 1 rings (SSSR count). The minimum Gasteiger partial charge on any atom is -0.311 e. The van der Waals surface area contributed by atoms with Crippen molar-refractivity contribution in [3.05, 3.63) is 0 Å². The topological polar surface area (TPSA) is 15.3 Å². The van der Waals surface area contributed by atoms with Crippen LogP contribution in [0.4, 0.5) is 0 Å². The van der Waals surface area contributed by atoms with E-state index >= 15 is 0 Å². The van der Waals surface area contributed by atoms with E-state index in [9.17, 15) is 0 Å². The van der Waals surface area contributed by atoms with Crippen LogP contribution in [0.2, 0.25) is 0 Å². The molecular weight excluding hydrogens is 232 g/mol. The van der Waals surface area contributed by atoms with Crippen LogP contribution in [0.25, 0.3) is 0 Å². The van der Waals surface area contributed by atoms with Gasteiger partial charge in [0.2, 0.25) is 0 Å². The Morgan fingerprint density at radius 3 is 2.53 bits per heavy atom. The predicted octanol–water partition coefficient (Wildman–Crippen LogP) is 4.20. The summed E-state index contributed by atoms with van der Waals surface area (Å²) in [7, 11) is 0. The Morgan fingerprint density at radius 1 is 1.11 bits per heavy atom. The lowest BCUT2D eigenvalue weighted by atomic mass is 10.0. The summed E-state index contributed by atoms with van der Waals surface area (Å²) in [5, 5.41) is 3.76. The molecule has 1 saturated heterocycles. The first-order chi connectivity index (χ1) is 9.17. The van der Waals surface area contributed by atoms with Crippen molar-refractivity contribution in [2.24, 2.45) is 0 Å². The molecule has 19 heavy (non-hydrogen) atoms. The van der Waals surface area contributed by atoms with Gasteiger partial charge in [-0.1, -0.05) is 39.5 Å². The quantitative estimate of drug-likeness (QED) is 0.696. The lowest BCUT2D eigenvalue weighted by molar-refractivity contribution is 0.159. The molecule has 1 fully saturated rings. The van der Waals surface area contributed by atoms with Crippen LogP contribution in [0.15, 0.2) is 0 Å². The average Bonchev–Trinajstić information content (AvgIpc) is 2.39. The highest BCUT2D eigenvalue weighted by Gasteiger charge is 2.20. The van der Waals surface area contributed by atoms with E-state index in [-0.39, 0.29) is 0 Å². The Hall–Kier alpha value is -0.0800. The van der Waals surface area contributed by atoms with E-state index < -0.39 is 0 Å². The van der Waals surface area contributed by atoms with Gasteiger partial charge in [-0.25, -0.2) is 0 Å². The standard InChI is InChI=1S/C17H36N2/c1-5-7-8-9-10-16(4)19-13-11-15(3)18-17(6-2)12-14-19/h15-18H,5-14H2,1-4H3. The van der Waals surface area contributed by atoms with Crippen LogP contribution < -0.4 is 5.32 Å². The molecule has 0 aromatic heterocycles. The normalized spacial score (nSPS) is 27.8. The molecule has 0 aliphatic carbocycles. The maximum absolute atomic E-state index is 3.76. The van der Waals surface area contributed by atoms with Gasteiger partial charge in [0.05, 0.1) is 0 Å². The fourth-order valence-corrected chi connectivity index (χ4v) is 3.17. The van der Waals surface area contributed by atoms with Crippen molar-refractivity contribution >= 4 is 0 Å². The van der Waals surface area contributed by atoms with Crippen molar-refractivity contribution in [1.82, 2.24) is 10.2 Å². The highest BCUT2D eigenvalue weighted by molar-refractivity contribution is 4.79. The summed E-state index contributed by atoms with van der Waals surface area (Å²) in [6, 6.07) is 2.18. The summed E-state index contributed by atoms with van der Waals surface area (Å²) < 4.78 is 0. The van der Waals surface area contributed by atoms with E-state index in [1.165, 1.54) is 64.5 Å². The molecule has 3 atom stereocenters. The summed E-state index contributed by atoms with van der Waals surface area (Å²) in [6.07, 6.45) is 10.9. The van der Waals surface area contributed by atoms with Crippen molar-refractivity contribution in [2.45, 2.75) is 97.2 Å². The molecule has 2 nitrogen and oxygen atoms in total. The third-order valence-electron chi connectivity index (χ3n) is 4.73. The van der Waals surface area contributed by atoms with E-state index in [2.05, 4.69) is 37.9 Å². The van der Waals surface area contributed by atoms with E-state index in [4.69, 9.17) is 0 Å². The maximum Gasteiger partial charge on any atom is 0.00790 e. The van der Waals surface area contributed by atoms with Gasteiger partial charge in [0, 0.05) is 18.1 Å². The monoisotopic (exact) mass is 268 g/mol. The van der Waals surface area contributed by atoms with Gasteiger partial charge >= 0.3 is 0 Å². The predicted molar refractivity (Wildman–Crippen MR) is 85.7 cm³/mol. The highest BCUT2D eigenvalue weighted by Crippen LogP contribution is 2.15. The molecule has 0 aromatic rings. The zero-order valence-electron chi connectivity index (χ0n) is 13.8. The van der Waals surface area contributed by atoms with Gasteiger partial charge in [0.15, 0.2) is 0 Å². The third kappa shape index (κ3) is 6.76. The molecule has 0 saturated carbocycles. The SMILES string of the molecule is CCCCCCC(C)N1CCC(C)NC(CC)CC1. The molecule has 1 aliphatic rings. The zero-order chi connectivity index (χ0) is 14.1. The Morgan fingerprint density at radius 2 is 1.84 bits per heavy atom. The van der Waals surface area contributed by atoms with Crippen molar-refractivity contribution in [2.75, 3.05) is 13.1 Å². The lowest BCUT2D eigenvalue weighted by Crippen LogP contribution is -2.46. The van der Waals surface area contributed by atoms with Crippen molar-refractivity contribution in [3.8, 4) is 0 Å². The van der Waals surface area contributed by atoms with Crippen LogP contribution in [-0.4, -0.2) is 36.1 Å². The largest absolute Gasteiger partial charge is 0.311 e. The number of rotatable bonds is 7. The molecule has 0 spiro atoms. The highest BCUT2D eigenvalue weighted by atomic mass is 15.2. The van der Waals surface area contributed by atoms with Crippen LogP contribution in [0.3, 0.4) is 0 Å². The lowest BCUT2D eigenvalue weighted by Gasteiger charge is -2.35. The third-order valence-corrected chi connectivity index (χ3v) is 4.73. The van der Waals surface area contributed by atoms with E-state index in [0.29, 0.717) is 6.04 Å². The number of unbranched alkanes of at least 4 members (excludes halogenated alkanes) is 3. The first kappa shape index (κ1) is 17.0. The molecule has 0 radical (unpaired) electrons. The first-order valence-corrected chi connectivity index (χ1v) is 8.67. The van der Waals surface area contributed by atoms with Gasteiger partial charge < -0.3 is 10.2 Å². The van der Waals surface area contributed by atoms with Gasteiger partial charge in [-0.2, -0.15) is 0 Å². The van der Waals surface area contributed by atoms with Crippen LogP contribution in [0.5, 0.6) is 0 Å². The van der Waals surface area contributed by atoms with Gasteiger partial charge in [-0.3, -0.25) is 0 Å². The molecule has 1 aliphatic heterocycles. The number of nitrogens with one attached hydrogen (secondary N) is 1. The van der Waals surface area contributed by atoms with Crippen LogP contribution >= 0.6 is 0 Å². The number of hydrogen-bond donors (Lipinski definition) is 1. The molecule has 2 heteroatoms. The summed E-state index contributed by atoms with van der Waals surface area (Å²) >= 11 is 0. The van der Waals surface area contributed by atoms with Crippen molar-refractivity contribution in [1.29, 1.82) is 0 Å². The Bertz CT molecular complexity index is 217. The molecule has 1 heterocycles. The van der Waals surface area contributed by atoms with Gasteiger partial charge in [-0.05, 0) is 52.6 Å². The molecule has 114 valence electrons. The molecular formula is C17H36N2. The van der Waals surface area contributed by atoms with Crippen LogP contribution in [-0.2, 0) is 0 Å². The smallest absolute Gasteiger partial charge is 0.00790 e. The summed E-state index contributed by atoms with van der Waals surface area (Å²) in [4.78, 5) is 2.74. The summed E-state index contributed by atoms with van der Waals surface area (Å²) in [5.74, 6) is 0. The van der Waals surface area contributed by atoms with Gasteiger partial charge in [0.1, 0.15) is 0 Å². The fourth-order valence-electron chi connectivity index (χ4n) is 3.17. The summed E-state index contributed by atoms with van der Waals surface area (Å²) in [5.41, 5.74) is 0. The second-order valence-electron chi connectivity index (χ2n) is 6.48. The van der Waals surface area contributed by atoms with Crippen LogP contribution in [0.1, 0.15) is 79.1 Å². The Labute approximate surface area is 121 Å². The van der Waals surface area contributed by atoms with E-state index in [1.807, 2.05) is 0 Å². The van der Waals surface area contributed by atoms with Crippen LogP contribution in [0, 0.1) is 0 Å². The van der Waals surface area contributed by atoms with E-state index in [0.717, 1.165) is 12.1 Å². The van der Waals surface area contributed by atoms with Crippen molar-refractivity contribution in [3.63, 3.8) is 0 Å². The van der Waals surface area contributed by atoms with Gasteiger partial charge in [0.25, 0.3) is 0 Å². The molecule has 0 amide bonds. The minimum atomic E-state index is 0.681. The first-order valence-electron chi connectivity index (χ1n) is 8.67. The molecule has 0 aromatic carbocycles. The molecule has 3 unspecified atom stereocenters. The average molecular weight is 268 g/mol. The second kappa shape index (κ2) is 9.77. The Kier molecular flexibility index (Phi) is 8.72. The second-order valence-corrected chi connectivity index (χ2v) is 6.48. The van der Waals surface area contributed by atoms with E-state index in [1.54, 1.807) is 0 Å². The summed E-state index contributed by atoms with van der Waals surface area (Å²) in [6.45, 7) is 11.9. The van der Waals surface area contributed by atoms with Gasteiger partial charge in [-0.15, -0.1) is 0 Å². The number of nitrogens with zero attached hydrogens (tertiary/aromatic N) is 1. The molecule has 0 bridgehead atoms. The zero-order valence-corrected chi connectivity index (χ0v) is 13.8. The fraction of sp³-hybridized carbons (Fsp3) is 1.00. The molecule has 1 N–H and O–H groups in total.